The second-order valence-electron chi connectivity index (χ2n) is 5.68. The highest BCUT2D eigenvalue weighted by Crippen LogP contribution is 2.16. The smallest absolute Gasteiger partial charge is 0.194 e. The normalized spacial score (nSPS) is 20.2. The Balaban J connectivity index is 0.00000242. The summed E-state index contributed by atoms with van der Waals surface area (Å²) in [5, 5.41) is 13.5. The average molecular weight is 418 g/mol. The Bertz CT molecular complexity index is 455. The van der Waals surface area contributed by atoms with Crippen molar-refractivity contribution in [3.05, 3.63) is 30.1 Å². The zero-order chi connectivity index (χ0) is 15.1. The first kappa shape index (κ1) is 19.2. The van der Waals surface area contributed by atoms with Crippen LogP contribution in [-0.4, -0.2) is 47.1 Å². The molecular formula is C16H27IN4O. The molecule has 0 aromatic carbocycles. The van der Waals surface area contributed by atoms with Gasteiger partial charge in [0.1, 0.15) is 0 Å². The molecular weight excluding hydrogens is 391 g/mol. The number of aliphatic imine (C=N–C) groups is 1. The molecule has 0 saturated carbocycles. The number of hydrogen-bond acceptors (Lipinski definition) is 3. The second-order valence-corrected chi connectivity index (χ2v) is 5.68. The van der Waals surface area contributed by atoms with Gasteiger partial charge in [-0.15, -0.1) is 24.0 Å². The van der Waals surface area contributed by atoms with E-state index in [1.807, 2.05) is 12.1 Å². The van der Waals surface area contributed by atoms with Gasteiger partial charge in [0.15, 0.2) is 5.96 Å². The summed E-state index contributed by atoms with van der Waals surface area (Å²) in [6, 6.07) is 3.66. The highest BCUT2D eigenvalue weighted by molar-refractivity contribution is 14.0. The molecule has 5 nitrogen and oxygen atoms in total. The van der Waals surface area contributed by atoms with Gasteiger partial charge in [0.25, 0.3) is 0 Å². The van der Waals surface area contributed by atoms with Crippen LogP contribution < -0.4 is 5.32 Å². The second kappa shape index (κ2) is 9.99. The summed E-state index contributed by atoms with van der Waals surface area (Å²) in [4.78, 5) is 10.9. The van der Waals surface area contributed by atoms with E-state index in [0.29, 0.717) is 12.5 Å². The monoisotopic (exact) mass is 418 g/mol. The molecule has 2 rings (SSSR count). The van der Waals surface area contributed by atoms with Crippen LogP contribution in [0.2, 0.25) is 0 Å². The van der Waals surface area contributed by atoms with E-state index in [0.717, 1.165) is 31.2 Å². The molecule has 22 heavy (non-hydrogen) atoms. The van der Waals surface area contributed by atoms with Gasteiger partial charge in [0.2, 0.25) is 0 Å². The Morgan fingerprint density at radius 1 is 1.50 bits per heavy atom. The van der Waals surface area contributed by atoms with Crippen molar-refractivity contribution in [1.29, 1.82) is 0 Å². The fourth-order valence-electron chi connectivity index (χ4n) is 2.67. The Hall–Kier alpha value is -0.890. The van der Waals surface area contributed by atoms with Crippen LogP contribution in [0.4, 0.5) is 0 Å². The quantitative estimate of drug-likeness (QED) is 0.448. The minimum atomic E-state index is -0.580. The van der Waals surface area contributed by atoms with Gasteiger partial charge in [-0.2, -0.15) is 0 Å². The molecule has 6 heteroatoms. The van der Waals surface area contributed by atoms with Crippen LogP contribution in [0.5, 0.6) is 0 Å². The van der Waals surface area contributed by atoms with Gasteiger partial charge in [-0.1, -0.05) is 6.92 Å². The van der Waals surface area contributed by atoms with Gasteiger partial charge < -0.3 is 15.3 Å². The van der Waals surface area contributed by atoms with Crippen LogP contribution in [-0.2, 0) is 0 Å². The molecule has 1 aliphatic heterocycles. The number of pyridine rings is 1. The molecule has 0 aliphatic carbocycles. The summed E-state index contributed by atoms with van der Waals surface area (Å²) in [6.07, 6.45) is 5.30. The fraction of sp³-hybridized carbons (Fsp3) is 0.625. The largest absolute Gasteiger partial charge is 0.386 e. The van der Waals surface area contributed by atoms with Crippen molar-refractivity contribution in [2.24, 2.45) is 10.9 Å². The van der Waals surface area contributed by atoms with E-state index in [1.54, 1.807) is 12.4 Å². The molecule has 1 saturated heterocycles. The third-order valence-electron chi connectivity index (χ3n) is 3.80. The highest BCUT2D eigenvalue weighted by atomic mass is 127. The van der Waals surface area contributed by atoms with Gasteiger partial charge >= 0.3 is 0 Å². The number of guanidine groups is 1. The van der Waals surface area contributed by atoms with E-state index >= 15 is 0 Å². The van der Waals surface area contributed by atoms with Crippen LogP contribution >= 0.6 is 24.0 Å². The molecule has 1 aromatic rings. The number of nitrogens with zero attached hydrogens (tertiary/aromatic N) is 3. The number of aliphatic hydroxyl groups excluding tert-OH is 1. The summed E-state index contributed by atoms with van der Waals surface area (Å²) in [5.74, 6) is 1.62. The Kier molecular flexibility index (Phi) is 8.70. The molecule has 1 aromatic heterocycles. The van der Waals surface area contributed by atoms with Crippen molar-refractivity contribution in [3.63, 3.8) is 0 Å². The van der Waals surface area contributed by atoms with E-state index in [-0.39, 0.29) is 24.0 Å². The summed E-state index contributed by atoms with van der Waals surface area (Å²) < 4.78 is 0. The fourth-order valence-corrected chi connectivity index (χ4v) is 2.67. The van der Waals surface area contributed by atoms with Gasteiger partial charge in [0, 0.05) is 32.0 Å². The highest BCUT2D eigenvalue weighted by Gasteiger charge is 2.19. The van der Waals surface area contributed by atoms with E-state index in [1.165, 1.54) is 12.8 Å². The van der Waals surface area contributed by atoms with Crippen LogP contribution in [0.15, 0.2) is 29.5 Å². The molecule has 124 valence electrons. The first-order chi connectivity index (χ1) is 10.2. The van der Waals surface area contributed by atoms with Gasteiger partial charge in [-0.05, 0) is 43.4 Å². The van der Waals surface area contributed by atoms with Gasteiger partial charge in [0.05, 0.1) is 12.6 Å². The van der Waals surface area contributed by atoms with E-state index in [4.69, 9.17) is 0 Å². The van der Waals surface area contributed by atoms with Crippen molar-refractivity contribution in [2.75, 3.05) is 26.2 Å². The first-order valence-corrected chi connectivity index (χ1v) is 7.82. The van der Waals surface area contributed by atoms with Crippen LogP contribution in [0.1, 0.15) is 38.4 Å². The Morgan fingerprint density at radius 3 is 2.86 bits per heavy atom. The average Bonchev–Trinajstić information content (AvgIpc) is 2.52. The number of likely N-dealkylation sites (tertiary alicyclic amines) is 1. The first-order valence-electron chi connectivity index (χ1n) is 7.82. The number of piperidine rings is 1. The molecule has 0 radical (unpaired) electrons. The van der Waals surface area contributed by atoms with Crippen LogP contribution in [0.25, 0.3) is 0 Å². The van der Waals surface area contributed by atoms with Crippen molar-refractivity contribution >= 4 is 29.9 Å². The maximum atomic E-state index is 10.2. The maximum Gasteiger partial charge on any atom is 0.194 e. The summed E-state index contributed by atoms with van der Waals surface area (Å²) in [5.41, 5.74) is 0.858. The van der Waals surface area contributed by atoms with Crippen molar-refractivity contribution in [2.45, 2.75) is 32.8 Å². The van der Waals surface area contributed by atoms with Crippen LogP contribution in [0.3, 0.4) is 0 Å². The Morgan fingerprint density at radius 2 is 2.23 bits per heavy atom. The molecule has 2 N–H and O–H groups in total. The lowest BCUT2D eigenvalue weighted by Crippen LogP contribution is -2.46. The molecule has 1 fully saturated rings. The molecule has 2 unspecified atom stereocenters. The predicted molar refractivity (Wildman–Crippen MR) is 101 cm³/mol. The number of nitrogens with one attached hydrogen (secondary N) is 1. The number of halogens is 1. The standard InChI is InChI=1S/C16H26N4O.HI/c1-3-18-16(20-10-4-5-13(2)12-20)19-11-15(21)14-6-8-17-9-7-14;/h6-9,13,15,21H,3-5,10-12H2,1-2H3,(H,18,19);1H. The van der Waals surface area contributed by atoms with Crippen molar-refractivity contribution in [3.8, 4) is 0 Å². The SMILES string of the molecule is CCNC(=NCC(O)c1ccncc1)N1CCCC(C)C1.I. The summed E-state index contributed by atoms with van der Waals surface area (Å²) in [6.45, 7) is 7.65. The molecule has 2 atom stereocenters. The number of aliphatic hydroxyl groups is 1. The van der Waals surface area contributed by atoms with E-state index < -0.39 is 6.10 Å². The number of rotatable bonds is 4. The predicted octanol–water partition coefficient (Wildman–Crippen LogP) is 2.43. The third kappa shape index (κ3) is 5.72. The minimum absolute atomic E-state index is 0. The van der Waals surface area contributed by atoms with E-state index in [9.17, 15) is 5.11 Å². The lowest BCUT2D eigenvalue weighted by Gasteiger charge is -2.33. The van der Waals surface area contributed by atoms with E-state index in [2.05, 4.69) is 34.0 Å². The molecule has 0 spiro atoms. The topological polar surface area (TPSA) is 60.8 Å². The lowest BCUT2D eigenvalue weighted by atomic mass is 10.0. The summed E-state index contributed by atoms with van der Waals surface area (Å²) >= 11 is 0. The number of aromatic nitrogens is 1. The Labute approximate surface area is 150 Å². The maximum absolute atomic E-state index is 10.2. The van der Waals surface area contributed by atoms with Crippen molar-refractivity contribution < 1.29 is 5.11 Å². The third-order valence-corrected chi connectivity index (χ3v) is 3.80. The zero-order valence-electron chi connectivity index (χ0n) is 13.4. The molecule has 1 aliphatic rings. The molecule has 0 bridgehead atoms. The molecule has 0 amide bonds. The lowest BCUT2D eigenvalue weighted by molar-refractivity contribution is 0.185. The zero-order valence-corrected chi connectivity index (χ0v) is 15.7. The number of hydrogen-bond donors (Lipinski definition) is 2. The summed E-state index contributed by atoms with van der Waals surface area (Å²) in [7, 11) is 0. The molecule has 2 heterocycles. The van der Waals surface area contributed by atoms with Gasteiger partial charge in [-0.25, -0.2) is 0 Å². The van der Waals surface area contributed by atoms with Gasteiger partial charge in [-0.3, -0.25) is 9.98 Å². The minimum Gasteiger partial charge on any atom is -0.386 e. The van der Waals surface area contributed by atoms with Crippen LogP contribution in [0, 0.1) is 5.92 Å². The van der Waals surface area contributed by atoms with Crippen molar-refractivity contribution in [1.82, 2.24) is 15.2 Å².